The fraction of sp³-hybridized carbons (Fsp3) is 0.250. The molecule has 0 bridgehead atoms. The molecule has 2 aromatic rings. The molecule has 0 amide bonds. The monoisotopic (exact) mass is 219 g/mol. The lowest BCUT2D eigenvalue weighted by Gasteiger charge is -2.04. The van der Waals surface area contributed by atoms with Gasteiger partial charge in [-0.3, -0.25) is 0 Å². The van der Waals surface area contributed by atoms with E-state index >= 15 is 0 Å². The molecule has 0 aliphatic heterocycles. The van der Waals surface area contributed by atoms with Gasteiger partial charge in [-0.2, -0.15) is 0 Å². The van der Waals surface area contributed by atoms with Crippen LogP contribution in [0.4, 0.5) is 0 Å². The molecule has 2 rings (SSSR count). The van der Waals surface area contributed by atoms with Crippen molar-refractivity contribution in [2.75, 3.05) is 7.11 Å². The highest BCUT2D eigenvalue weighted by Crippen LogP contribution is 2.24. The smallest absolute Gasteiger partial charge is 0.352 e. The summed E-state index contributed by atoms with van der Waals surface area (Å²) in [5, 5.41) is 9.96. The van der Waals surface area contributed by atoms with Gasteiger partial charge in [0, 0.05) is 17.4 Å². The molecule has 4 nitrogen and oxygen atoms in total. The number of nitrogens with zero attached hydrogens (tertiary/aromatic N) is 1. The van der Waals surface area contributed by atoms with Crippen molar-refractivity contribution >= 4 is 16.9 Å². The Hall–Kier alpha value is -1.97. The third-order valence-corrected chi connectivity index (χ3v) is 2.64. The first kappa shape index (κ1) is 10.5. The third-order valence-electron chi connectivity index (χ3n) is 2.64. The Morgan fingerprint density at radius 1 is 1.44 bits per heavy atom. The second-order valence-corrected chi connectivity index (χ2v) is 3.50. The van der Waals surface area contributed by atoms with E-state index in [0.717, 1.165) is 16.7 Å². The van der Waals surface area contributed by atoms with Crippen LogP contribution in [0.5, 0.6) is 5.75 Å². The molecular weight excluding hydrogens is 206 g/mol. The Kier molecular flexibility index (Phi) is 2.56. The summed E-state index contributed by atoms with van der Waals surface area (Å²) in [7, 11) is 1.59. The molecule has 84 valence electrons. The molecule has 16 heavy (non-hydrogen) atoms. The van der Waals surface area contributed by atoms with E-state index in [-0.39, 0.29) is 0 Å². The van der Waals surface area contributed by atoms with E-state index in [9.17, 15) is 4.79 Å². The molecule has 1 heterocycles. The Morgan fingerprint density at radius 3 is 2.75 bits per heavy atom. The molecule has 4 heteroatoms. The molecule has 0 saturated heterocycles. The van der Waals surface area contributed by atoms with E-state index in [1.807, 2.05) is 25.1 Å². The van der Waals surface area contributed by atoms with Crippen molar-refractivity contribution in [1.29, 1.82) is 0 Å². The van der Waals surface area contributed by atoms with Gasteiger partial charge in [0.2, 0.25) is 0 Å². The van der Waals surface area contributed by atoms with Crippen molar-refractivity contribution in [2.45, 2.75) is 13.5 Å². The summed E-state index contributed by atoms with van der Waals surface area (Å²) >= 11 is 0. The number of rotatable bonds is 3. The van der Waals surface area contributed by atoms with Crippen LogP contribution in [0.3, 0.4) is 0 Å². The number of aromatic carboxylic acids is 1. The summed E-state index contributed by atoms with van der Waals surface area (Å²) in [5.41, 5.74) is 1.23. The SMILES string of the molecule is CCn1c(C(=O)O)cc2cc(OC)ccc21. The molecule has 0 aliphatic carbocycles. The lowest BCUT2D eigenvalue weighted by atomic mass is 10.2. The van der Waals surface area contributed by atoms with Crippen LogP contribution in [0.1, 0.15) is 17.4 Å². The zero-order chi connectivity index (χ0) is 11.7. The zero-order valence-corrected chi connectivity index (χ0v) is 9.23. The fourth-order valence-corrected chi connectivity index (χ4v) is 1.89. The van der Waals surface area contributed by atoms with Gasteiger partial charge in [-0.1, -0.05) is 0 Å². The Morgan fingerprint density at radius 2 is 2.19 bits per heavy atom. The van der Waals surface area contributed by atoms with Crippen LogP contribution in [0.2, 0.25) is 0 Å². The molecular formula is C12H13NO3. The first-order valence-electron chi connectivity index (χ1n) is 5.08. The Labute approximate surface area is 93.1 Å². The molecule has 0 fully saturated rings. The van der Waals surface area contributed by atoms with Gasteiger partial charge < -0.3 is 14.4 Å². The number of aromatic nitrogens is 1. The highest BCUT2D eigenvalue weighted by molar-refractivity contribution is 5.95. The van der Waals surface area contributed by atoms with E-state index in [4.69, 9.17) is 9.84 Å². The van der Waals surface area contributed by atoms with Gasteiger partial charge in [0.25, 0.3) is 0 Å². The number of hydrogen-bond donors (Lipinski definition) is 1. The largest absolute Gasteiger partial charge is 0.497 e. The average Bonchev–Trinajstić information content (AvgIpc) is 2.66. The van der Waals surface area contributed by atoms with Crippen LogP contribution in [0, 0.1) is 0 Å². The van der Waals surface area contributed by atoms with Crippen molar-refractivity contribution in [2.24, 2.45) is 0 Å². The Bertz CT molecular complexity index is 542. The van der Waals surface area contributed by atoms with E-state index in [1.165, 1.54) is 0 Å². The van der Waals surface area contributed by atoms with Gasteiger partial charge in [0.1, 0.15) is 11.4 Å². The standard InChI is InChI=1S/C12H13NO3/c1-3-13-10-5-4-9(16-2)6-8(10)7-11(13)12(14)15/h4-7H,3H2,1-2H3,(H,14,15). The van der Waals surface area contributed by atoms with Crippen LogP contribution in [0.15, 0.2) is 24.3 Å². The van der Waals surface area contributed by atoms with Crippen LogP contribution in [0.25, 0.3) is 10.9 Å². The van der Waals surface area contributed by atoms with Gasteiger partial charge in [-0.25, -0.2) is 4.79 Å². The van der Waals surface area contributed by atoms with Crippen LogP contribution in [-0.4, -0.2) is 22.8 Å². The lowest BCUT2D eigenvalue weighted by molar-refractivity contribution is 0.0686. The molecule has 1 aromatic heterocycles. The highest BCUT2D eigenvalue weighted by atomic mass is 16.5. The molecule has 0 aliphatic rings. The minimum atomic E-state index is -0.906. The summed E-state index contributed by atoms with van der Waals surface area (Å²) in [6.07, 6.45) is 0. The number of aryl methyl sites for hydroxylation is 1. The normalized spacial score (nSPS) is 10.6. The maximum Gasteiger partial charge on any atom is 0.352 e. The van der Waals surface area contributed by atoms with Crippen LogP contribution < -0.4 is 4.74 Å². The van der Waals surface area contributed by atoms with Crippen LogP contribution in [-0.2, 0) is 6.54 Å². The summed E-state index contributed by atoms with van der Waals surface area (Å²) in [4.78, 5) is 11.1. The highest BCUT2D eigenvalue weighted by Gasteiger charge is 2.13. The summed E-state index contributed by atoms with van der Waals surface area (Å²) in [6, 6.07) is 7.22. The average molecular weight is 219 g/mol. The fourth-order valence-electron chi connectivity index (χ4n) is 1.89. The maximum absolute atomic E-state index is 11.1. The first-order valence-corrected chi connectivity index (χ1v) is 5.08. The predicted molar refractivity (Wildman–Crippen MR) is 61.1 cm³/mol. The first-order chi connectivity index (χ1) is 7.67. The molecule has 0 spiro atoms. The Balaban J connectivity index is 2.71. The molecule has 0 unspecified atom stereocenters. The van der Waals surface area contributed by atoms with Crippen molar-refractivity contribution in [3.63, 3.8) is 0 Å². The van der Waals surface area contributed by atoms with Crippen LogP contribution >= 0.6 is 0 Å². The van der Waals surface area contributed by atoms with Crippen molar-refractivity contribution in [3.8, 4) is 5.75 Å². The summed E-state index contributed by atoms with van der Waals surface area (Å²) in [6.45, 7) is 2.56. The number of fused-ring (bicyclic) bond motifs is 1. The van der Waals surface area contributed by atoms with E-state index in [2.05, 4.69) is 0 Å². The van der Waals surface area contributed by atoms with E-state index in [1.54, 1.807) is 17.7 Å². The minimum Gasteiger partial charge on any atom is -0.497 e. The predicted octanol–water partition coefficient (Wildman–Crippen LogP) is 2.37. The van der Waals surface area contributed by atoms with Gasteiger partial charge >= 0.3 is 5.97 Å². The topological polar surface area (TPSA) is 51.5 Å². The van der Waals surface area contributed by atoms with Gasteiger partial charge in [0.05, 0.1) is 7.11 Å². The third kappa shape index (κ3) is 1.52. The molecule has 0 radical (unpaired) electrons. The zero-order valence-electron chi connectivity index (χ0n) is 9.23. The number of carboxylic acid groups (broad SMARTS) is 1. The number of benzene rings is 1. The quantitative estimate of drug-likeness (QED) is 0.862. The second kappa shape index (κ2) is 3.89. The number of hydrogen-bond acceptors (Lipinski definition) is 2. The van der Waals surface area contributed by atoms with Crippen molar-refractivity contribution < 1.29 is 14.6 Å². The number of carbonyl (C=O) groups is 1. The van der Waals surface area contributed by atoms with Gasteiger partial charge in [-0.05, 0) is 31.2 Å². The van der Waals surface area contributed by atoms with E-state index < -0.39 is 5.97 Å². The number of methoxy groups -OCH3 is 1. The van der Waals surface area contributed by atoms with Crippen molar-refractivity contribution in [3.05, 3.63) is 30.0 Å². The second-order valence-electron chi connectivity index (χ2n) is 3.50. The molecule has 0 saturated carbocycles. The summed E-state index contributed by atoms with van der Waals surface area (Å²) < 4.78 is 6.88. The van der Waals surface area contributed by atoms with Crippen molar-refractivity contribution in [1.82, 2.24) is 4.57 Å². The molecule has 1 aromatic carbocycles. The maximum atomic E-state index is 11.1. The molecule has 1 N–H and O–H groups in total. The number of ether oxygens (including phenoxy) is 1. The number of carboxylic acids is 1. The van der Waals surface area contributed by atoms with Gasteiger partial charge in [-0.15, -0.1) is 0 Å². The lowest BCUT2D eigenvalue weighted by Crippen LogP contribution is -2.06. The minimum absolute atomic E-state index is 0.311. The van der Waals surface area contributed by atoms with Gasteiger partial charge in [0.15, 0.2) is 0 Å². The summed E-state index contributed by atoms with van der Waals surface area (Å²) in [5.74, 6) is -0.172. The molecule has 0 atom stereocenters. The van der Waals surface area contributed by atoms with E-state index in [0.29, 0.717) is 12.2 Å².